The van der Waals surface area contributed by atoms with E-state index in [4.69, 9.17) is 0 Å². The molecule has 1 saturated carbocycles. The van der Waals surface area contributed by atoms with Gasteiger partial charge in [0.15, 0.2) is 0 Å². The lowest BCUT2D eigenvalue weighted by atomic mass is 9.50. The summed E-state index contributed by atoms with van der Waals surface area (Å²) in [4.78, 5) is 0. The summed E-state index contributed by atoms with van der Waals surface area (Å²) in [6.07, 6.45) is 5.66. The zero-order valence-electron chi connectivity index (χ0n) is 8.48. The lowest BCUT2D eigenvalue weighted by Gasteiger charge is -2.55. The zero-order chi connectivity index (χ0) is 8.48. The molecule has 1 rings (SSSR count). The van der Waals surface area contributed by atoms with Gasteiger partial charge in [0.2, 0.25) is 0 Å². The Bertz CT molecular complexity index is 122. The molecule has 0 radical (unpaired) electrons. The van der Waals surface area contributed by atoms with Crippen molar-refractivity contribution in [3.05, 3.63) is 0 Å². The molecule has 0 aromatic rings. The van der Waals surface area contributed by atoms with E-state index >= 15 is 0 Å². The molecule has 0 amide bonds. The highest BCUT2D eigenvalue weighted by molar-refractivity contribution is 4.97. The average Bonchev–Trinajstić information content (AvgIpc) is 2.02. The van der Waals surface area contributed by atoms with Crippen molar-refractivity contribution in [2.75, 3.05) is 0 Å². The van der Waals surface area contributed by atoms with E-state index in [0.717, 1.165) is 17.3 Å². The standard InChI is InChI=1S/C11H22/c1-5-10-8-9(4)11(10,6-2)7-3/h9-10H,5-8H2,1-4H3. The average molecular weight is 154 g/mol. The van der Waals surface area contributed by atoms with E-state index in [1.165, 1.54) is 25.7 Å². The second-order valence-electron chi connectivity index (χ2n) is 4.18. The summed E-state index contributed by atoms with van der Waals surface area (Å²) in [6, 6.07) is 0. The van der Waals surface area contributed by atoms with Crippen LogP contribution in [0.4, 0.5) is 0 Å². The molecule has 0 spiro atoms. The van der Waals surface area contributed by atoms with Crippen molar-refractivity contribution in [1.82, 2.24) is 0 Å². The Morgan fingerprint density at radius 2 is 1.73 bits per heavy atom. The number of rotatable bonds is 3. The largest absolute Gasteiger partial charge is 0.0651 e. The van der Waals surface area contributed by atoms with Crippen LogP contribution >= 0.6 is 0 Å². The molecular formula is C11H22. The second kappa shape index (κ2) is 3.16. The van der Waals surface area contributed by atoms with Crippen LogP contribution in [0, 0.1) is 17.3 Å². The molecule has 0 heteroatoms. The highest BCUT2D eigenvalue weighted by atomic mass is 14.5. The Hall–Kier alpha value is 0. The molecule has 0 aromatic carbocycles. The summed E-state index contributed by atoms with van der Waals surface area (Å²) in [6.45, 7) is 9.50. The first-order chi connectivity index (χ1) is 5.21. The maximum atomic E-state index is 2.43. The summed E-state index contributed by atoms with van der Waals surface area (Å²) in [5, 5.41) is 0. The Morgan fingerprint density at radius 3 is 1.91 bits per heavy atom. The van der Waals surface area contributed by atoms with Gasteiger partial charge in [-0.05, 0) is 36.5 Å². The molecule has 1 aliphatic carbocycles. The topological polar surface area (TPSA) is 0 Å². The van der Waals surface area contributed by atoms with Gasteiger partial charge in [0.25, 0.3) is 0 Å². The lowest BCUT2D eigenvalue weighted by molar-refractivity contribution is -0.0530. The Balaban J connectivity index is 2.62. The quantitative estimate of drug-likeness (QED) is 0.579. The first kappa shape index (κ1) is 9.09. The summed E-state index contributed by atoms with van der Waals surface area (Å²) >= 11 is 0. The van der Waals surface area contributed by atoms with Crippen LogP contribution in [0.25, 0.3) is 0 Å². The molecule has 1 aliphatic rings. The van der Waals surface area contributed by atoms with Crippen molar-refractivity contribution >= 4 is 0 Å². The van der Waals surface area contributed by atoms with E-state index in [9.17, 15) is 0 Å². The van der Waals surface area contributed by atoms with E-state index in [2.05, 4.69) is 27.7 Å². The van der Waals surface area contributed by atoms with Crippen LogP contribution < -0.4 is 0 Å². The third-order valence-electron chi connectivity index (χ3n) is 4.24. The Kier molecular flexibility index (Phi) is 2.61. The highest BCUT2D eigenvalue weighted by Gasteiger charge is 2.48. The van der Waals surface area contributed by atoms with Crippen LogP contribution in [0.15, 0.2) is 0 Å². The van der Waals surface area contributed by atoms with Crippen molar-refractivity contribution in [3.8, 4) is 0 Å². The summed E-state index contributed by atoms with van der Waals surface area (Å²) in [5.74, 6) is 2.02. The van der Waals surface area contributed by atoms with Crippen molar-refractivity contribution < 1.29 is 0 Å². The van der Waals surface area contributed by atoms with Crippen molar-refractivity contribution in [3.63, 3.8) is 0 Å². The molecule has 2 unspecified atom stereocenters. The summed E-state index contributed by atoms with van der Waals surface area (Å²) in [7, 11) is 0. The van der Waals surface area contributed by atoms with Crippen LogP contribution in [-0.4, -0.2) is 0 Å². The van der Waals surface area contributed by atoms with Crippen LogP contribution in [-0.2, 0) is 0 Å². The highest BCUT2D eigenvalue weighted by Crippen LogP contribution is 2.57. The van der Waals surface area contributed by atoms with Crippen LogP contribution in [0.5, 0.6) is 0 Å². The molecule has 1 fully saturated rings. The minimum atomic E-state index is 0.731. The normalized spacial score (nSPS) is 34.9. The zero-order valence-corrected chi connectivity index (χ0v) is 8.48. The van der Waals surface area contributed by atoms with Gasteiger partial charge in [-0.3, -0.25) is 0 Å². The van der Waals surface area contributed by atoms with E-state index in [-0.39, 0.29) is 0 Å². The van der Waals surface area contributed by atoms with Gasteiger partial charge in [-0.2, -0.15) is 0 Å². The SMILES string of the molecule is CCC1CC(C)C1(CC)CC. The van der Waals surface area contributed by atoms with Gasteiger partial charge >= 0.3 is 0 Å². The smallest absolute Gasteiger partial charge is 0.0249 e. The molecule has 0 aliphatic heterocycles. The molecule has 0 aromatic heterocycles. The summed E-state index contributed by atoms with van der Waals surface area (Å²) < 4.78 is 0. The van der Waals surface area contributed by atoms with Crippen molar-refractivity contribution in [2.24, 2.45) is 17.3 Å². The fourth-order valence-electron chi connectivity index (χ4n) is 3.24. The van der Waals surface area contributed by atoms with Gasteiger partial charge in [0.05, 0.1) is 0 Å². The number of hydrogen-bond donors (Lipinski definition) is 0. The molecule has 2 atom stereocenters. The number of hydrogen-bond acceptors (Lipinski definition) is 0. The Labute approximate surface area is 71.4 Å². The van der Waals surface area contributed by atoms with Gasteiger partial charge < -0.3 is 0 Å². The second-order valence-corrected chi connectivity index (χ2v) is 4.18. The minimum Gasteiger partial charge on any atom is -0.0651 e. The Morgan fingerprint density at radius 1 is 1.18 bits per heavy atom. The molecule has 0 nitrogen and oxygen atoms in total. The van der Waals surface area contributed by atoms with Crippen LogP contribution in [0.1, 0.15) is 53.4 Å². The fourth-order valence-corrected chi connectivity index (χ4v) is 3.24. The van der Waals surface area contributed by atoms with Gasteiger partial charge in [0, 0.05) is 0 Å². The van der Waals surface area contributed by atoms with E-state index in [0.29, 0.717) is 0 Å². The minimum absolute atomic E-state index is 0.731. The van der Waals surface area contributed by atoms with E-state index in [1.54, 1.807) is 0 Å². The molecular weight excluding hydrogens is 132 g/mol. The van der Waals surface area contributed by atoms with Gasteiger partial charge in [-0.25, -0.2) is 0 Å². The van der Waals surface area contributed by atoms with Crippen LogP contribution in [0.2, 0.25) is 0 Å². The first-order valence-electron chi connectivity index (χ1n) is 5.21. The third-order valence-corrected chi connectivity index (χ3v) is 4.24. The predicted octanol–water partition coefficient (Wildman–Crippen LogP) is 3.86. The molecule has 11 heavy (non-hydrogen) atoms. The maximum Gasteiger partial charge on any atom is -0.0249 e. The molecule has 66 valence electrons. The van der Waals surface area contributed by atoms with Crippen molar-refractivity contribution in [2.45, 2.75) is 53.4 Å². The summed E-state index contributed by atoms with van der Waals surface area (Å²) in [5.41, 5.74) is 0.731. The van der Waals surface area contributed by atoms with Gasteiger partial charge in [-0.15, -0.1) is 0 Å². The molecule has 0 N–H and O–H groups in total. The lowest BCUT2D eigenvalue weighted by Crippen LogP contribution is -2.46. The van der Waals surface area contributed by atoms with Gasteiger partial charge in [-0.1, -0.05) is 34.1 Å². The predicted molar refractivity (Wildman–Crippen MR) is 50.6 cm³/mol. The maximum absolute atomic E-state index is 2.43. The van der Waals surface area contributed by atoms with E-state index < -0.39 is 0 Å². The van der Waals surface area contributed by atoms with Crippen molar-refractivity contribution in [1.29, 1.82) is 0 Å². The van der Waals surface area contributed by atoms with E-state index in [1.807, 2.05) is 0 Å². The molecule has 0 heterocycles. The molecule has 0 bridgehead atoms. The first-order valence-corrected chi connectivity index (χ1v) is 5.21. The third kappa shape index (κ3) is 1.11. The van der Waals surface area contributed by atoms with Gasteiger partial charge in [0.1, 0.15) is 0 Å². The molecule has 0 saturated heterocycles. The monoisotopic (exact) mass is 154 g/mol. The fraction of sp³-hybridized carbons (Fsp3) is 1.00. The van der Waals surface area contributed by atoms with Crippen LogP contribution in [0.3, 0.4) is 0 Å².